The van der Waals surface area contributed by atoms with Crippen LogP contribution >= 0.6 is 12.4 Å². The van der Waals surface area contributed by atoms with Crippen LogP contribution in [-0.2, 0) is 11.3 Å². The van der Waals surface area contributed by atoms with E-state index in [0.29, 0.717) is 36.5 Å². The number of carbonyl (C=O) groups excluding carboxylic acids is 1. The van der Waals surface area contributed by atoms with Gasteiger partial charge in [0, 0.05) is 17.7 Å². The molecule has 2 aromatic rings. The molecule has 26 heavy (non-hydrogen) atoms. The maximum atomic E-state index is 12.3. The smallest absolute Gasteiger partial charge is 0.224 e. The number of halogens is 1. The summed E-state index contributed by atoms with van der Waals surface area (Å²) in [4.78, 5) is 16.6. The first-order valence-corrected chi connectivity index (χ1v) is 9.17. The Labute approximate surface area is 160 Å². The Kier molecular flexibility index (Phi) is 7.60. The van der Waals surface area contributed by atoms with E-state index in [9.17, 15) is 4.79 Å². The third-order valence-corrected chi connectivity index (χ3v) is 5.11. The molecule has 1 heterocycles. The van der Waals surface area contributed by atoms with Crippen LogP contribution in [0, 0.1) is 11.8 Å². The van der Waals surface area contributed by atoms with Crippen LogP contribution in [0.2, 0.25) is 0 Å². The molecule has 1 amide bonds. The lowest BCUT2D eigenvalue weighted by molar-refractivity contribution is -0.117. The zero-order valence-electron chi connectivity index (χ0n) is 15.2. The van der Waals surface area contributed by atoms with E-state index in [2.05, 4.69) is 27.4 Å². The Hall–Kier alpha value is -1.92. The van der Waals surface area contributed by atoms with Gasteiger partial charge in [-0.25, -0.2) is 4.98 Å². The fraction of sp³-hybridized carbons (Fsp3) is 0.526. The first-order valence-electron chi connectivity index (χ1n) is 9.17. The van der Waals surface area contributed by atoms with Gasteiger partial charge in [-0.1, -0.05) is 39.0 Å². The van der Waals surface area contributed by atoms with Crippen molar-refractivity contribution in [2.45, 2.75) is 52.0 Å². The van der Waals surface area contributed by atoms with Gasteiger partial charge in [-0.3, -0.25) is 9.89 Å². The average molecular weight is 378 g/mol. The van der Waals surface area contributed by atoms with Crippen molar-refractivity contribution in [1.82, 2.24) is 15.2 Å². The van der Waals surface area contributed by atoms with E-state index in [1.165, 1.54) is 32.1 Å². The second kappa shape index (κ2) is 9.69. The van der Waals surface area contributed by atoms with Gasteiger partial charge in [0.15, 0.2) is 5.82 Å². The summed E-state index contributed by atoms with van der Waals surface area (Å²) in [6, 6.07) is 7.58. The first-order chi connectivity index (χ1) is 12.2. The quantitative estimate of drug-likeness (QED) is 0.711. The minimum absolute atomic E-state index is 0. The van der Waals surface area contributed by atoms with Crippen molar-refractivity contribution in [3.63, 3.8) is 0 Å². The summed E-state index contributed by atoms with van der Waals surface area (Å²) in [7, 11) is 0. The van der Waals surface area contributed by atoms with Crippen LogP contribution in [0.1, 0.15) is 51.3 Å². The molecule has 6 nitrogen and oxygen atoms in total. The molecule has 1 unspecified atom stereocenters. The predicted molar refractivity (Wildman–Crippen MR) is 106 cm³/mol. The Bertz CT molecular complexity index is 694. The Morgan fingerprint density at radius 2 is 1.96 bits per heavy atom. The van der Waals surface area contributed by atoms with Crippen LogP contribution in [0.5, 0.6) is 0 Å². The Balaban J connectivity index is 0.00000243. The Morgan fingerprint density at radius 1 is 1.27 bits per heavy atom. The van der Waals surface area contributed by atoms with E-state index in [-0.39, 0.29) is 18.3 Å². The summed E-state index contributed by atoms with van der Waals surface area (Å²) in [5, 5.41) is 9.93. The van der Waals surface area contributed by atoms with E-state index >= 15 is 0 Å². The molecular weight excluding hydrogens is 350 g/mol. The summed E-state index contributed by atoms with van der Waals surface area (Å²) >= 11 is 0. The number of rotatable bonds is 6. The summed E-state index contributed by atoms with van der Waals surface area (Å²) < 4.78 is 0. The van der Waals surface area contributed by atoms with Crippen LogP contribution in [0.25, 0.3) is 11.4 Å². The molecule has 1 aromatic carbocycles. The molecule has 1 aliphatic carbocycles. The van der Waals surface area contributed by atoms with Crippen LogP contribution in [0.3, 0.4) is 0 Å². The van der Waals surface area contributed by atoms with E-state index in [0.717, 1.165) is 11.3 Å². The molecular formula is C19H28ClN5O. The lowest BCUT2D eigenvalue weighted by Crippen LogP contribution is -2.22. The topological polar surface area (TPSA) is 96.7 Å². The number of aromatic amines is 1. The maximum absolute atomic E-state index is 12.3. The second-order valence-electron chi connectivity index (χ2n) is 7.01. The minimum Gasteiger partial charge on any atom is -0.326 e. The zero-order chi connectivity index (χ0) is 17.6. The first kappa shape index (κ1) is 20.4. The minimum atomic E-state index is 0. The van der Waals surface area contributed by atoms with Gasteiger partial charge in [0.05, 0.1) is 6.54 Å². The van der Waals surface area contributed by atoms with Crippen LogP contribution < -0.4 is 11.1 Å². The number of nitrogens with zero attached hydrogens (tertiary/aromatic N) is 2. The van der Waals surface area contributed by atoms with Crippen LogP contribution in [0.15, 0.2) is 24.3 Å². The number of nitrogens with two attached hydrogens (primary N) is 1. The Morgan fingerprint density at radius 3 is 2.58 bits per heavy atom. The highest BCUT2D eigenvalue weighted by atomic mass is 35.5. The fourth-order valence-electron chi connectivity index (χ4n) is 3.59. The van der Waals surface area contributed by atoms with Gasteiger partial charge < -0.3 is 11.1 Å². The number of aromatic nitrogens is 3. The molecule has 0 aliphatic heterocycles. The molecule has 0 bridgehead atoms. The van der Waals surface area contributed by atoms with Gasteiger partial charge in [-0.2, -0.15) is 5.10 Å². The molecule has 0 spiro atoms. The summed E-state index contributed by atoms with van der Waals surface area (Å²) in [5.41, 5.74) is 7.23. The normalized spacial score (nSPS) is 15.9. The second-order valence-corrected chi connectivity index (χ2v) is 7.01. The molecule has 0 radical (unpaired) electrons. The molecule has 142 valence electrons. The number of benzene rings is 1. The fourth-order valence-corrected chi connectivity index (χ4v) is 3.59. The number of H-pyrrole nitrogens is 1. The average Bonchev–Trinajstić information content (AvgIpc) is 3.12. The number of amides is 1. The van der Waals surface area contributed by atoms with Gasteiger partial charge in [0.1, 0.15) is 5.82 Å². The summed E-state index contributed by atoms with van der Waals surface area (Å²) in [6.45, 7) is 2.54. The largest absolute Gasteiger partial charge is 0.326 e. The highest BCUT2D eigenvalue weighted by Crippen LogP contribution is 2.31. The lowest BCUT2D eigenvalue weighted by atomic mass is 9.79. The van der Waals surface area contributed by atoms with Crippen LogP contribution in [-0.4, -0.2) is 21.1 Å². The van der Waals surface area contributed by atoms with Gasteiger partial charge in [-0.15, -0.1) is 12.4 Å². The zero-order valence-corrected chi connectivity index (χ0v) is 16.0. The monoisotopic (exact) mass is 377 g/mol. The lowest BCUT2D eigenvalue weighted by Gasteiger charge is -2.27. The molecule has 1 aromatic heterocycles. The number of nitrogens with one attached hydrogen (secondary N) is 2. The molecule has 7 heteroatoms. The number of anilines is 1. The van der Waals surface area contributed by atoms with Gasteiger partial charge in [-0.05, 0) is 36.1 Å². The van der Waals surface area contributed by atoms with Crippen molar-refractivity contribution in [1.29, 1.82) is 0 Å². The van der Waals surface area contributed by atoms with E-state index < -0.39 is 0 Å². The molecule has 1 aliphatic rings. The summed E-state index contributed by atoms with van der Waals surface area (Å²) in [6.07, 6.45) is 7.10. The van der Waals surface area contributed by atoms with Crippen molar-refractivity contribution < 1.29 is 4.79 Å². The molecule has 1 saturated carbocycles. The maximum Gasteiger partial charge on any atom is 0.224 e. The van der Waals surface area contributed by atoms with Gasteiger partial charge in [0.2, 0.25) is 5.91 Å². The highest BCUT2D eigenvalue weighted by Gasteiger charge is 2.22. The van der Waals surface area contributed by atoms with Gasteiger partial charge >= 0.3 is 0 Å². The number of carbonyl (C=O) groups is 1. The molecule has 0 saturated heterocycles. The van der Waals surface area contributed by atoms with Crippen molar-refractivity contribution >= 4 is 24.0 Å². The van der Waals surface area contributed by atoms with E-state index in [1.54, 1.807) is 0 Å². The highest BCUT2D eigenvalue weighted by molar-refractivity contribution is 5.91. The van der Waals surface area contributed by atoms with E-state index in [4.69, 9.17) is 5.73 Å². The summed E-state index contributed by atoms with van der Waals surface area (Å²) in [5.74, 6) is 2.51. The SMILES string of the molecule is CC(CC(=O)Nc1ccc(-c2n[nH]c(CN)n2)cc1)C1CCCCC1.Cl. The third-order valence-electron chi connectivity index (χ3n) is 5.11. The van der Waals surface area contributed by atoms with E-state index in [1.807, 2.05) is 24.3 Å². The molecule has 1 atom stereocenters. The van der Waals surface area contributed by atoms with Crippen molar-refractivity contribution in [3.8, 4) is 11.4 Å². The number of hydrogen-bond donors (Lipinski definition) is 3. The van der Waals surface area contributed by atoms with Crippen molar-refractivity contribution in [3.05, 3.63) is 30.1 Å². The number of hydrogen-bond acceptors (Lipinski definition) is 4. The van der Waals surface area contributed by atoms with Crippen molar-refractivity contribution in [2.75, 3.05) is 5.32 Å². The predicted octanol–water partition coefficient (Wildman–Crippen LogP) is 3.90. The molecule has 4 N–H and O–H groups in total. The standard InChI is InChI=1S/C19H27N5O.ClH/c1-13(14-5-3-2-4-6-14)11-18(25)21-16-9-7-15(8-10-16)19-22-17(12-20)23-24-19;/h7-10,13-14H,2-6,11-12,20H2,1H3,(H,21,25)(H,22,23,24);1H. The van der Waals surface area contributed by atoms with Crippen LogP contribution in [0.4, 0.5) is 5.69 Å². The molecule has 1 fully saturated rings. The van der Waals surface area contributed by atoms with Gasteiger partial charge in [0.25, 0.3) is 0 Å². The van der Waals surface area contributed by atoms with Crippen molar-refractivity contribution in [2.24, 2.45) is 17.6 Å². The molecule has 3 rings (SSSR count). The third kappa shape index (κ3) is 5.29.